The van der Waals surface area contributed by atoms with Crippen LogP contribution in [0.2, 0.25) is 0 Å². The number of hydrogen-bond acceptors (Lipinski definition) is 3. The summed E-state index contributed by atoms with van der Waals surface area (Å²) < 4.78 is 0. The number of likely N-dealkylation sites (N-methyl/N-ethyl adjacent to an activating group) is 1. The average molecular weight is 277 g/mol. The summed E-state index contributed by atoms with van der Waals surface area (Å²) in [6.45, 7) is 3.04. The van der Waals surface area contributed by atoms with Gasteiger partial charge in [0.25, 0.3) is 0 Å². The second-order valence-corrected chi connectivity index (χ2v) is 5.10. The second-order valence-electron chi connectivity index (χ2n) is 5.10. The number of nitrogens with one attached hydrogen (secondary N) is 1. The number of fused-ring (bicyclic) bond motifs is 1. The van der Waals surface area contributed by atoms with Crippen molar-refractivity contribution in [2.75, 3.05) is 6.54 Å². The molecule has 0 aliphatic heterocycles. The van der Waals surface area contributed by atoms with Crippen molar-refractivity contribution in [1.29, 1.82) is 0 Å². The van der Waals surface area contributed by atoms with Crippen molar-refractivity contribution in [3.8, 4) is 0 Å². The predicted molar refractivity (Wildman–Crippen MR) is 86.1 cm³/mol. The molecule has 3 aromatic rings. The van der Waals surface area contributed by atoms with E-state index >= 15 is 0 Å². The molecule has 2 heterocycles. The molecule has 3 heteroatoms. The Bertz CT molecular complexity index is 710. The zero-order valence-corrected chi connectivity index (χ0v) is 12.2. The molecule has 1 atom stereocenters. The minimum Gasteiger partial charge on any atom is -0.309 e. The Kier molecular flexibility index (Phi) is 4.22. The SMILES string of the molecule is CCNC(Cc1cccnc1)c1ccc2ccccc2n1. The fraction of sp³-hybridized carbons (Fsp3) is 0.222. The number of para-hydroxylation sites is 1. The van der Waals surface area contributed by atoms with E-state index in [4.69, 9.17) is 4.98 Å². The molecular formula is C18H19N3. The summed E-state index contributed by atoms with van der Waals surface area (Å²) in [7, 11) is 0. The van der Waals surface area contributed by atoms with E-state index in [-0.39, 0.29) is 6.04 Å². The largest absolute Gasteiger partial charge is 0.309 e. The number of nitrogens with zero attached hydrogens (tertiary/aromatic N) is 2. The maximum Gasteiger partial charge on any atom is 0.0706 e. The third-order valence-corrected chi connectivity index (χ3v) is 3.59. The molecule has 0 saturated heterocycles. The van der Waals surface area contributed by atoms with Gasteiger partial charge in [0.2, 0.25) is 0 Å². The smallest absolute Gasteiger partial charge is 0.0706 e. The maximum atomic E-state index is 4.81. The van der Waals surface area contributed by atoms with Crippen LogP contribution in [0.1, 0.15) is 24.2 Å². The molecule has 106 valence electrons. The zero-order valence-electron chi connectivity index (χ0n) is 12.2. The summed E-state index contributed by atoms with van der Waals surface area (Å²) in [6, 6.07) is 16.8. The minimum absolute atomic E-state index is 0.212. The van der Waals surface area contributed by atoms with Crippen LogP contribution >= 0.6 is 0 Å². The van der Waals surface area contributed by atoms with Crippen LogP contribution in [0.3, 0.4) is 0 Å². The third kappa shape index (κ3) is 3.26. The molecule has 0 aliphatic rings. The highest BCUT2D eigenvalue weighted by atomic mass is 14.9. The zero-order chi connectivity index (χ0) is 14.5. The summed E-state index contributed by atoms with van der Waals surface area (Å²) >= 11 is 0. The molecule has 21 heavy (non-hydrogen) atoms. The molecule has 3 rings (SSSR count). The number of rotatable bonds is 5. The molecule has 1 N–H and O–H groups in total. The summed E-state index contributed by atoms with van der Waals surface area (Å²) in [4.78, 5) is 9.00. The quantitative estimate of drug-likeness (QED) is 0.775. The Hall–Kier alpha value is -2.26. The standard InChI is InChI=1S/C18H19N3/c1-2-20-18(12-14-6-5-11-19-13-14)17-10-9-15-7-3-4-8-16(15)21-17/h3-11,13,18,20H,2,12H2,1H3. The van der Waals surface area contributed by atoms with Crippen LogP contribution in [0, 0.1) is 0 Å². The molecule has 0 amide bonds. The molecule has 0 saturated carbocycles. The highest BCUT2D eigenvalue weighted by molar-refractivity contribution is 5.78. The first-order valence-electron chi connectivity index (χ1n) is 7.35. The van der Waals surface area contributed by atoms with E-state index in [1.54, 1.807) is 6.20 Å². The van der Waals surface area contributed by atoms with Gasteiger partial charge in [-0.1, -0.05) is 37.3 Å². The number of aromatic nitrogens is 2. The van der Waals surface area contributed by atoms with Gasteiger partial charge in [-0.15, -0.1) is 0 Å². The van der Waals surface area contributed by atoms with Gasteiger partial charge in [-0.05, 0) is 36.7 Å². The molecule has 0 aliphatic carbocycles. The van der Waals surface area contributed by atoms with Crippen molar-refractivity contribution >= 4 is 10.9 Å². The number of pyridine rings is 2. The topological polar surface area (TPSA) is 37.8 Å². The monoisotopic (exact) mass is 277 g/mol. The van der Waals surface area contributed by atoms with Crippen molar-refractivity contribution in [1.82, 2.24) is 15.3 Å². The second kappa shape index (κ2) is 6.46. The van der Waals surface area contributed by atoms with Crippen LogP contribution in [0.25, 0.3) is 10.9 Å². The van der Waals surface area contributed by atoms with E-state index in [9.17, 15) is 0 Å². The van der Waals surface area contributed by atoms with Gasteiger partial charge in [-0.25, -0.2) is 0 Å². The minimum atomic E-state index is 0.212. The van der Waals surface area contributed by atoms with Crippen molar-refractivity contribution in [2.24, 2.45) is 0 Å². The summed E-state index contributed by atoms with van der Waals surface area (Å²) in [5.74, 6) is 0. The van der Waals surface area contributed by atoms with Crippen LogP contribution in [0.4, 0.5) is 0 Å². The summed E-state index contributed by atoms with van der Waals surface area (Å²) in [5.41, 5.74) is 3.35. The Morgan fingerprint density at radius 3 is 2.76 bits per heavy atom. The van der Waals surface area contributed by atoms with E-state index in [0.717, 1.165) is 24.2 Å². The van der Waals surface area contributed by atoms with Gasteiger partial charge in [0.15, 0.2) is 0 Å². The van der Waals surface area contributed by atoms with Crippen LogP contribution in [0.15, 0.2) is 60.9 Å². The Labute approximate surface area is 125 Å². The summed E-state index contributed by atoms with van der Waals surface area (Å²) in [5, 5.41) is 4.70. The van der Waals surface area contributed by atoms with Crippen molar-refractivity contribution in [3.05, 3.63) is 72.2 Å². The van der Waals surface area contributed by atoms with Gasteiger partial charge in [-0.3, -0.25) is 9.97 Å². The molecule has 0 radical (unpaired) electrons. The normalized spacial score (nSPS) is 12.4. The van der Waals surface area contributed by atoms with E-state index in [1.807, 2.05) is 24.4 Å². The predicted octanol–water partition coefficient (Wildman–Crippen LogP) is 3.52. The van der Waals surface area contributed by atoms with Crippen LogP contribution in [-0.2, 0) is 6.42 Å². The lowest BCUT2D eigenvalue weighted by Crippen LogP contribution is -2.24. The van der Waals surface area contributed by atoms with E-state index in [0.29, 0.717) is 0 Å². The van der Waals surface area contributed by atoms with Crippen LogP contribution in [0.5, 0.6) is 0 Å². The van der Waals surface area contributed by atoms with E-state index in [2.05, 4.69) is 47.6 Å². The number of benzene rings is 1. The maximum absolute atomic E-state index is 4.81. The first-order chi connectivity index (χ1) is 10.4. The molecular weight excluding hydrogens is 258 g/mol. The lowest BCUT2D eigenvalue weighted by Gasteiger charge is -2.18. The number of hydrogen-bond donors (Lipinski definition) is 1. The molecule has 1 aromatic carbocycles. The molecule has 2 aromatic heterocycles. The molecule has 0 spiro atoms. The first-order valence-corrected chi connectivity index (χ1v) is 7.35. The lowest BCUT2D eigenvalue weighted by molar-refractivity contribution is 0.537. The van der Waals surface area contributed by atoms with Crippen molar-refractivity contribution in [3.63, 3.8) is 0 Å². The van der Waals surface area contributed by atoms with Crippen LogP contribution < -0.4 is 5.32 Å². The highest BCUT2D eigenvalue weighted by Crippen LogP contribution is 2.20. The molecule has 0 fully saturated rings. The third-order valence-electron chi connectivity index (χ3n) is 3.59. The van der Waals surface area contributed by atoms with Gasteiger partial charge in [-0.2, -0.15) is 0 Å². The molecule has 0 bridgehead atoms. The van der Waals surface area contributed by atoms with E-state index < -0.39 is 0 Å². The van der Waals surface area contributed by atoms with E-state index in [1.165, 1.54) is 10.9 Å². The van der Waals surface area contributed by atoms with Gasteiger partial charge in [0, 0.05) is 17.8 Å². The van der Waals surface area contributed by atoms with Gasteiger partial charge < -0.3 is 5.32 Å². The molecule has 3 nitrogen and oxygen atoms in total. The van der Waals surface area contributed by atoms with Gasteiger partial charge >= 0.3 is 0 Å². The fourth-order valence-corrected chi connectivity index (χ4v) is 2.56. The fourth-order valence-electron chi connectivity index (χ4n) is 2.56. The Morgan fingerprint density at radius 1 is 1.05 bits per heavy atom. The lowest BCUT2D eigenvalue weighted by atomic mass is 10.0. The van der Waals surface area contributed by atoms with Gasteiger partial charge in [0.05, 0.1) is 17.3 Å². The van der Waals surface area contributed by atoms with Crippen molar-refractivity contribution < 1.29 is 0 Å². The van der Waals surface area contributed by atoms with Crippen LogP contribution in [-0.4, -0.2) is 16.5 Å². The van der Waals surface area contributed by atoms with Crippen molar-refractivity contribution in [2.45, 2.75) is 19.4 Å². The Balaban J connectivity index is 1.91. The van der Waals surface area contributed by atoms with Gasteiger partial charge in [0.1, 0.15) is 0 Å². The summed E-state index contributed by atoms with van der Waals surface area (Å²) in [6.07, 6.45) is 4.62. The highest BCUT2D eigenvalue weighted by Gasteiger charge is 2.13. The molecule has 1 unspecified atom stereocenters. The average Bonchev–Trinajstić information content (AvgIpc) is 2.55. The Morgan fingerprint density at radius 2 is 1.95 bits per heavy atom. The first kappa shape index (κ1) is 13.7.